The summed E-state index contributed by atoms with van der Waals surface area (Å²) in [6.45, 7) is 2.95. The van der Waals surface area contributed by atoms with Crippen LogP contribution < -0.4 is 10.2 Å². The third kappa shape index (κ3) is 5.30. The number of rotatable bonds is 6. The quantitative estimate of drug-likeness (QED) is 0.573. The van der Waals surface area contributed by atoms with E-state index < -0.39 is 0 Å². The van der Waals surface area contributed by atoms with Gasteiger partial charge in [0.2, 0.25) is 0 Å². The smallest absolute Gasteiger partial charge is 0.332 e. The topological polar surface area (TPSA) is 73.0 Å². The van der Waals surface area contributed by atoms with E-state index in [4.69, 9.17) is 0 Å². The average molecular weight is 423 g/mol. The first-order valence-corrected chi connectivity index (χ1v) is 10.6. The number of carbonyl (C=O) groups is 3. The maximum atomic E-state index is 13.3. The van der Waals surface area contributed by atoms with E-state index in [0.717, 1.165) is 36.1 Å². The van der Waals surface area contributed by atoms with Crippen LogP contribution in [0.4, 0.5) is 10.5 Å². The molecule has 31 heavy (non-hydrogen) atoms. The maximum Gasteiger partial charge on any atom is 0.332 e. The number of para-hydroxylation sites is 1. The fourth-order valence-corrected chi connectivity index (χ4v) is 3.85. The minimum atomic E-state index is -0.349. The molecule has 0 spiro atoms. The van der Waals surface area contributed by atoms with E-state index in [1.54, 1.807) is 19.1 Å². The van der Waals surface area contributed by atoms with Gasteiger partial charge in [-0.05, 0) is 61.1 Å². The number of aryl methyl sites for hydroxylation is 2. The van der Waals surface area contributed by atoms with Crippen LogP contribution in [0.1, 0.15) is 39.9 Å². The zero-order valence-electron chi connectivity index (χ0n) is 18.4. The van der Waals surface area contributed by atoms with Gasteiger partial charge in [0.15, 0.2) is 0 Å². The van der Waals surface area contributed by atoms with Gasteiger partial charge in [-0.2, -0.15) is 0 Å². The highest BCUT2D eigenvalue weighted by atomic mass is 16.2. The van der Waals surface area contributed by atoms with Crippen LogP contribution in [0.5, 0.6) is 0 Å². The summed E-state index contributed by atoms with van der Waals surface area (Å²) in [7, 11) is 3.41. The summed E-state index contributed by atoms with van der Waals surface area (Å²) in [5.74, 6) is -0.00204. The predicted octanol–water partition coefficient (Wildman–Crippen LogP) is 3.17. The van der Waals surface area contributed by atoms with E-state index in [2.05, 4.69) is 11.4 Å². The highest BCUT2D eigenvalue weighted by Gasteiger charge is 2.22. The van der Waals surface area contributed by atoms with E-state index in [1.807, 2.05) is 48.2 Å². The Kier molecular flexibility index (Phi) is 7.41. The average Bonchev–Trinajstić information content (AvgIpc) is 2.98. The molecule has 1 heterocycles. The van der Waals surface area contributed by atoms with Crippen molar-refractivity contribution in [2.45, 2.75) is 32.7 Å². The number of aldehydes is 1. The van der Waals surface area contributed by atoms with Gasteiger partial charge in [0.25, 0.3) is 5.91 Å². The summed E-state index contributed by atoms with van der Waals surface area (Å²) in [4.78, 5) is 38.3. The number of benzene rings is 2. The van der Waals surface area contributed by atoms with Crippen molar-refractivity contribution < 1.29 is 14.4 Å². The Hall–Kier alpha value is -3.19. The van der Waals surface area contributed by atoms with Crippen LogP contribution in [0.25, 0.3) is 0 Å². The van der Waals surface area contributed by atoms with E-state index in [-0.39, 0.29) is 18.5 Å². The lowest BCUT2D eigenvalue weighted by atomic mass is 10.0. The Morgan fingerprint density at radius 1 is 1.13 bits per heavy atom. The number of amides is 3. The predicted molar refractivity (Wildman–Crippen MR) is 121 cm³/mol. The van der Waals surface area contributed by atoms with Gasteiger partial charge < -0.3 is 15.0 Å². The lowest BCUT2D eigenvalue weighted by molar-refractivity contribution is -0.110. The van der Waals surface area contributed by atoms with Crippen LogP contribution in [0.15, 0.2) is 42.5 Å². The first-order chi connectivity index (χ1) is 14.9. The van der Waals surface area contributed by atoms with E-state index >= 15 is 0 Å². The zero-order valence-corrected chi connectivity index (χ0v) is 18.4. The minimum Gasteiger partial charge on any atom is -0.333 e. The molecule has 0 saturated carbocycles. The number of anilines is 1. The van der Waals surface area contributed by atoms with Gasteiger partial charge in [0.05, 0.1) is 6.54 Å². The molecule has 0 bridgehead atoms. The lowest BCUT2D eigenvalue weighted by Crippen LogP contribution is -2.48. The number of nitrogens with one attached hydrogen (secondary N) is 1. The van der Waals surface area contributed by atoms with Crippen molar-refractivity contribution in [3.05, 3.63) is 64.7 Å². The molecule has 0 atom stereocenters. The van der Waals surface area contributed by atoms with Crippen molar-refractivity contribution in [3.63, 3.8) is 0 Å². The number of fused-ring (bicyclic) bond motifs is 1. The highest BCUT2D eigenvalue weighted by molar-refractivity contribution is 6.06. The molecule has 2 aromatic rings. The molecular formula is C24H30N4O3. The summed E-state index contributed by atoms with van der Waals surface area (Å²) in [6, 6.07) is 13.3. The van der Waals surface area contributed by atoms with Crippen LogP contribution in [-0.4, -0.2) is 55.4 Å². The molecule has 7 nitrogen and oxygen atoms in total. The largest absolute Gasteiger partial charge is 0.333 e. The molecule has 3 amide bonds. The Labute approximate surface area is 183 Å². The molecule has 164 valence electrons. The molecule has 2 aromatic carbocycles. The summed E-state index contributed by atoms with van der Waals surface area (Å²) in [6.07, 6.45) is 3.73. The first-order valence-electron chi connectivity index (χ1n) is 10.6. The minimum absolute atomic E-state index is 0.00204. The van der Waals surface area contributed by atoms with Crippen molar-refractivity contribution in [1.29, 1.82) is 0 Å². The molecule has 0 unspecified atom stereocenters. The fourth-order valence-electron chi connectivity index (χ4n) is 3.85. The van der Waals surface area contributed by atoms with Gasteiger partial charge >= 0.3 is 6.03 Å². The first kappa shape index (κ1) is 22.5. The maximum absolute atomic E-state index is 13.3. The Morgan fingerprint density at radius 2 is 1.90 bits per heavy atom. The van der Waals surface area contributed by atoms with Crippen molar-refractivity contribution in [2.24, 2.45) is 0 Å². The van der Waals surface area contributed by atoms with Gasteiger partial charge in [-0.3, -0.25) is 9.80 Å². The zero-order chi connectivity index (χ0) is 22.4. The van der Waals surface area contributed by atoms with Gasteiger partial charge in [-0.1, -0.05) is 24.3 Å². The second-order valence-corrected chi connectivity index (χ2v) is 7.94. The molecule has 7 heteroatoms. The number of carbonyl (C=O) groups excluding carboxylic acids is 3. The summed E-state index contributed by atoms with van der Waals surface area (Å²) in [5, 5.41) is 5.71. The lowest BCUT2D eigenvalue weighted by Gasteiger charge is -2.27. The summed E-state index contributed by atoms with van der Waals surface area (Å²) >= 11 is 0. The van der Waals surface area contributed by atoms with Gasteiger partial charge in [0, 0.05) is 38.4 Å². The number of nitrogens with zero attached hydrogens (tertiary/aromatic N) is 3. The fraction of sp³-hybridized carbons (Fsp3) is 0.375. The van der Waals surface area contributed by atoms with Crippen molar-refractivity contribution >= 4 is 23.9 Å². The van der Waals surface area contributed by atoms with Gasteiger partial charge in [0.1, 0.15) is 6.29 Å². The highest BCUT2D eigenvalue weighted by Crippen LogP contribution is 2.28. The van der Waals surface area contributed by atoms with E-state index in [0.29, 0.717) is 24.9 Å². The van der Waals surface area contributed by atoms with Crippen molar-refractivity contribution in [3.8, 4) is 0 Å². The standard InChI is InChI=1S/C24H30N4O3/c1-18-16-20(11-12-21(18)17-25-24(31)28(14-15-29)26(2)3)23(30)27-13-7-6-9-19-8-4-5-10-22(19)27/h4-5,8,10-12,15-16H,6-7,9,13-14,17H2,1-3H3,(H,25,31). The molecule has 0 aliphatic carbocycles. The Morgan fingerprint density at radius 3 is 2.61 bits per heavy atom. The summed E-state index contributed by atoms with van der Waals surface area (Å²) < 4.78 is 0. The normalized spacial score (nSPS) is 13.4. The van der Waals surface area contributed by atoms with Crippen LogP contribution >= 0.6 is 0 Å². The molecule has 3 rings (SSSR count). The van der Waals surface area contributed by atoms with Crippen LogP contribution in [0.3, 0.4) is 0 Å². The number of hydrogen-bond donors (Lipinski definition) is 1. The molecular weight excluding hydrogens is 392 g/mol. The monoisotopic (exact) mass is 422 g/mol. The summed E-state index contributed by atoms with van der Waals surface area (Å²) in [5.41, 5.74) is 4.70. The molecule has 0 fully saturated rings. The number of hydrogen-bond acceptors (Lipinski definition) is 4. The van der Waals surface area contributed by atoms with Crippen molar-refractivity contribution in [1.82, 2.24) is 15.3 Å². The molecule has 1 aliphatic heterocycles. The third-order valence-electron chi connectivity index (χ3n) is 5.59. The Bertz CT molecular complexity index is 958. The number of urea groups is 1. The molecule has 0 radical (unpaired) electrons. The van der Waals surface area contributed by atoms with E-state index in [1.165, 1.54) is 10.6 Å². The molecule has 1 N–H and O–H groups in total. The molecule has 0 aromatic heterocycles. The second kappa shape index (κ2) is 10.2. The molecule has 1 aliphatic rings. The van der Waals surface area contributed by atoms with Crippen LogP contribution in [0.2, 0.25) is 0 Å². The van der Waals surface area contributed by atoms with Crippen LogP contribution in [-0.2, 0) is 17.8 Å². The van der Waals surface area contributed by atoms with Gasteiger partial charge in [-0.25, -0.2) is 9.80 Å². The van der Waals surface area contributed by atoms with Crippen LogP contribution in [0, 0.1) is 6.92 Å². The van der Waals surface area contributed by atoms with Crippen molar-refractivity contribution in [2.75, 3.05) is 32.1 Å². The Balaban J connectivity index is 1.73. The SMILES string of the molecule is Cc1cc(C(=O)N2CCCCc3ccccc32)ccc1CNC(=O)N(CC=O)N(C)C. The van der Waals surface area contributed by atoms with E-state index in [9.17, 15) is 14.4 Å². The van der Waals surface area contributed by atoms with Gasteiger partial charge in [-0.15, -0.1) is 0 Å². The molecule has 0 saturated heterocycles. The third-order valence-corrected chi connectivity index (χ3v) is 5.59. The second-order valence-electron chi connectivity index (χ2n) is 7.94. The number of hydrazine groups is 1.